The van der Waals surface area contributed by atoms with Gasteiger partial charge in [0.2, 0.25) is 11.8 Å². The zero-order chi connectivity index (χ0) is 13.9. The zero-order valence-corrected chi connectivity index (χ0v) is 11.3. The molecular formula is C13H19N3O3. The summed E-state index contributed by atoms with van der Waals surface area (Å²) in [6.45, 7) is 4.22. The third-order valence-electron chi connectivity index (χ3n) is 3.34. The molecule has 0 amide bonds. The van der Waals surface area contributed by atoms with Gasteiger partial charge in [0.1, 0.15) is 5.54 Å². The highest BCUT2D eigenvalue weighted by Gasteiger charge is 2.42. The van der Waals surface area contributed by atoms with E-state index < -0.39 is 11.5 Å². The van der Waals surface area contributed by atoms with Crippen molar-refractivity contribution in [1.29, 1.82) is 0 Å². The molecule has 1 heterocycles. The molecule has 104 valence electrons. The van der Waals surface area contributed by atoms with E-state index in [0.717, 1.165) is 18.5 Å². The highest BCUT2D eigenvalue weighted by atomic mass is 16.5. The fourth-order valence-corrected chi connectivity index (χ4v) is 2.40. The maximum atomic E-state index is 11.5. The van der Waals surface area contributed by atoms with Gasteiger partial charge in [-0.2, -0.15) is 4.98 Å². The number of aliphatic carboxylic acids is 1. The van der Waals surface area contributed by atoms with Crippen LogP contribution in [0.3, 0.4) is 0 Å². The molecule has 0 saturated heterocycles. The van der Waals surface area contributed by atoms with Crippen molar-refractivity contribution >= 4 is 11.9 Å². The molecule has 1 saturated carbocycles. The summed E-state index contributed by atoms with van der Waals surface area (Å²) >= 11 is 0. The van der Waals surface area contributed by atoms with Crippen LogP contribution < -0.4 is 10.1 Å². The van der Waals surface area contributed by atoms with Crippen LogP contribution in [0.25, 0.3) is 0 Å². The van der Waals surface area contributed by atoms with Crippen molar-refractivity contribution in [2.45, 2.75) is 45.1 Å². The summed E-state index contributed by atoms with van der Waals surface area (Å²) in [5.41, 5.74) is -0.184. The monoisotopic (exact) mass is 265 g/mol. The lowest BCUT2D eigenvalue weighted by molar-refractivity contribution is -0.142. The van der Waals surface area contributed by atoms with Crippen LogP contribution in [0, 0.1) is 6.92 Å². The summed E-state index contributed by atoms with van der Waals surface area (Å²) in [6, 6.07) is 1.73. The number of aromatic nitrogens is 2. The molecule has 1 aliphatic rings. The fraction of sp³-hybridized carbons (Fsp3) is 0.615. The molecule has 1 fully saturated rings. The molecule has 6 nitrogen and oxygen atoms in total. The second kappa shape index (κ2) is 5.42. The minimum Gasteiger partial charge on any atom is -0.480 e. The lowest BCUT2D eigenvalue weighted by atomic mass is 9.98. The Balaban J connectivity index is 2.24. The lowest BCUT2D eigenvalue weighted by Crippen LogP contribution is -2.44. The summed E-state index contributed by atoms with van der Waals surface area (Å²) in [5.74, 6) is -0.0446. The first-order valence-corrected chi connectivity index (χ1v) is 6.56. The predicted octanol–water partition coefficient (Wildman–Crippen LogP) is 1.99. The molecule has 2 rings (SSSR count). The van der Waals surface area contributed by atoms with Gasteiger partial charge in [0, 0.05) is 11.8 Å². The van der Waals surface area contributed by atoms with Gasteiger partial charge in [0.25, 0.3) is 0 Å². The molecular weight excluding hydrogens is 246 g/mol. The minimum atomic E-state index is -0.933. The van der Waals surface area contributed by atoms with Gasteiger partial charge in [-0.3, -0.25) is 0 Å². The molecule has 2 N–H and O–H groups in total. The van der Waals surface area contributed by atoms with E-state index in [0.29, 0.717) is 31.3 Å². The van der Waals surface area contributed by atoms with Crippen molar-refractivity contribution in [3.05, 3.63) is 11.8 Å². The third kappa shape index (κ3) is 2.94. The quantitative estimate of drug-likeness (QED) is 0.847. The molecule has 0 spiro atoms. The predicted molar refractivity (Wildman–Crippen MR) is 70.4 cm³/mol. The maximum absolute atomic E-state index is 11.5. The van der Waals surface area contributed by atoms with E-state index in [1.54, 1.807) is 6.07 Å². The number of hydrogen-bond donors (Lipinski definition) is 2. The lowest BCUT2D eigenvalue weighted by Gasteiger charge is -2.25. The zero-order valence-electron chi connectivity index (χ0n) is 11.3. The molecule has 0 unspecified atom stereocenters. The Morgan fingerprint density at radius 3 is 2.74 bits per heavy atom. The second-order valence-electron chi connectivity index (χ2n) is 4.82. The standard InChI is InChI=1S/C13H19N3O3/c1-3-19-10-8-9(2)14-12(15-10)16-13(11(17)18)6-4-5-7-13/h8H,3-7H2,1-2H3,(H,17,18)(H,14,15,16). The fourth-order valence-electron chi connectivity index (χ4n) is 2.40. The van der Waals surface area contributed by atoms with Crippen LogP contribution in [0.2, 0.25) is 0 Å². The van der Waals surface area contributed by atoms with Crippen LogP contribution in [-0.4, -0.2) is 33.2 Å². The van der Waals surface area contributed by atoms with Gasteiger partial charge in [0.05, 0.1) is 6.61 Å². The van der Waals surface area contributed by atoms with Gasteiger partial charge < -0.3 is 15.2 Å². The first-order chi connectivity index (χ1) is 9.05. The minimum absolute atomic E-state index is 0.327. The Morgan fingerprint density at radius 2 is 2.16 bits per heavy atom. The van der Waals surface area contributed by atoms with E-state index >= 15 is 0 Å². The number of hydrogen-bond acceptors (Lipinski definition) is 5. The third-order valence-corrected chi connectivity index (χ3v) is 3.34. The normalized spacial score (nSPS) is 17.2. The SMILES string of the molecule is CCOc1cc(C)nc(NC2(C(=O)O)CCCC2)n1. The van der Waals surface area contributed by atoms with Crippen LogP contribution in [0.15, 0.2) is 6.07 Å². The van der Waals surface area contributed by atoms with E-state index in [1.165, 1.54) is 0 Å². The van der Waals surface area contributed by atoms with Crippen molar-refractivity contribution in [2.24, 2.45) is 0 Å². The molecule has 6 heteroatoms. The van der Waals surface area contributed by atoms with Crippen LogP contribution in [0.5, 0.6) is 5.88 Å². The Bertz CT molecular complexity index is 470. The molecule has 0 atom stereocenters. The van der Waals surface area contributed by atoms with E-state index in [-0.39, 0.29) is 0 Å². The molecule has 0 radical (unpaired) electrons. The van der Waals surface area contributed by atoms with Crippen LogP contribution >= 0.6 is 0 Å². The number of nitrogens with one attached hydrogen (secondary N) is 1. The van der Waals surface area contributed by atoms with E-state index in [4.69, 9.17) is 4.74 Å². The van der Waals surface area contributed by atoms with E-state index in [2.05, 4.69) is 15.3 Å². The van der Waals surface area contributed by atoms with Gasteiger partial charge in [-0.1, -0.05) is 12.8 Å². The summed E-state index contributed by atoms with van der Waals surface area (Å²) in [7, 11) is 0. The molecule has 1 aliphatic carbocycles. The Labute approximate surface area is 112 Å². The van der Waals surface area contributed by atoms with Gasteiger partial charge in [-0.05, 0) is 26.7 Å². The molecule has 0 bridgehead atoms. The van der Waals surface area contributed by atoms with Crippen molar-refractivity contribution < 1.29 is 14.6 Å². The topological polar surface area (TPSA) is 84.3 Å². The number of carbonyl (C=O) groups is 1. The Hall–Kier alpha value is -1.85. The number of nitrogens with zero attached hydrogens (tertiary/aromatic N) is 2. The molecule has 1 aromatic heterocycles. The van der Waals surface area contributed by atoms with Gasteiger partial charge in [0.15, 0.2) is 0 Å². The van der Waals surface area contributed by atoms with Crippen molar-refractivity contribution in [3.8, 4) is 5.88 Å². The van der Waals surface area contributed by atoms with Crippen LogP contribution in [0.4, 0.5) is 5.95 Å². The molecule has 0 aliphatic heterocycles. The Morgan fingerprint density at radius 1 is 1.47 bits per heavy atom. The summed E-state index contributed by atoms with van der Waals surface area (Å²) in [5, 5.41) is 12.4. The summed E-state index contributed by atoms with van der Waals surface area (Å²) in [6.07, 6.45) is 3.01. The van der Waals surface area contributed by atoms with Crippen molar-refractivity contribution in [2.75, 3.05) is 11.9 Å². The summed E-state index contributed by atoms with van der Waals surface area (Å²) in [4.78, 5) is 19.9. The Kier molecular flexibility index (Phi) is 3.87. The number of ether oxygens (including phenoxy) is 1. The number of carboxylic acids is 1. The van der Waals surface area contributed by atoms with E-state index in [1.807, 2.05) is 13.8 Å². The van der Waals surface area contributed by atoms with Crippen LogP contribution in [0.1, 0.15) is 38.3 Å². The van der Waals surface area contributed by atoms with Crippen LogP contribution in [-0.2, 0) is 4.79 Å². The largest absolute Gasteiger partial charge is 0.480 e. The molecule has 1 aromatic rings. The highest BCUT2D eigenvalue weighted by Crippen LogP contribution is 2.33. The maximum Gasteiger partial charge on any atom is 0.329 e. The highest BCUT2D eigenvalue weighted by molar-refractivity contribution is 5.82. The number of rotatable bonds is 5. The average Bonchev–Trinajstić information content (AvgIpc) is 2.78. The number of aryl methyl sites for hydroxylation is 1. The molecule has 19 heavy (non-hydrogen) atoms. The van der Waals surface area contributed by atoms with Gasteiger partial charge in [-0.15, -0.1) is 0 Å². The first-order valence-electron chi connectivity index (χ1n) is 6.56. The number of anilines is 1. The van der Waals surface area contributed by atoms with Crippen molar-refractivity contribution in [3.63, 3.8) is 0 Å². The average molecular weight is 265 g/mol. The smallest absolute Gasteiger partial charge is 0.329 e. The van der Waals surface area contributed by atoms with Gasteiger partial charge in [-0.25, -0.2) is 9.78 Å². The molecule has 0 aromatic carbocycles. The number of carboxylic acid groups (broad SMARTS) is 1. The van der Waals surface area contributed by atoms with E-state index in [9.17, 15) is 9.90 Å². The first kappa shape index (κ1) is 13.6. The van der Waals surface area contributed by atoms with Crippen molar-refractivity contribution in [1.82, 2.24) is 9.97 Å². The van der Waals surface area contributed by atoms with Gasteiger partial charge >= 0.3 is 5.97 Å². The second-order valence-corrected chi connectivity index (χ2v) is 4.82. The summed E-state index contributed by atoms with van der Waals surface area (Å²) < 4.78 is 5.35.